The maximum atomic E-state index is 11.9. The molecule has 0 atom stereocenters. The Morgan fingerprint density at radius 2 is 1.28 bits per heavy atom. The molecule has 0 aromatic carbocycles. The molecule has 0 aliphatic rings. The Morgan fingerprint density at radius 3 is 1.93 bits per heavy atom. The number of hydrogen-bond donors (Lipinski definition) is 5. The standard InChI is InChI=1S/C20H40N4O5/c21-15-11-13-18(25)22-16-9-5-1-4-8-14-20(27)24(29)17-10-6-2-3-7-12-19(26)23-28/h28-29H,1-17,21H2,(H,22,25)(H,23,26). The molecule has 0 aliphatic heterocycles. The van der Waals surface area contributed by atoms with Crippen molar-refractivity contribution in [1.29, 1.82) is 0 Å². The summed E-state index contributed by atoms with van der Waals surface area (Å²) in [4.78, 5) is 34.1. The Kier molecular flexibility index (Phi) is 18.4. The van der Waals surface area contributed by atoms with E-state index >= 15 is 0 Å². The molecule has 29 heavy (non-hydrogen) atoms. The summed E-state index contributed by atoms with van der Waals surface area (Å²) >= 11 is 0. The predicted octanol–water partition coefficient (Wildman–Crippen LogP) is 2.25. The highest BCUT2D eigenvalue weighted by atomic mass is 16.5. The Morgan fingerprint density at radius 1 is 0.724 bits per heavy atom. The van der Waals surface area contributed by atoms with Crippen molar-refractivity contribution in [3.8, 4) is 0 Å². The molecule has 0 unspecified atom stereocenters. The number of hydroxylamine groups is 3. The van der Waals surface area contributed by atoms with Crippen LogP contribution in [0.25, 0.3) is 0 Å². The molecule has 170 valence electrons. The third-order valence-corrected chi connectivity index (χ3v) is 4.68. The van der Waals surface area contributed by atoms with Gasteiger partial charge in [0.15, 0.2) is 0 Å². The summed E-state index contributed by atoms with van der Waals surface area (Å²) in [5, 5.41) is 21.8. The van der Waals surface area contributed by atoms with Crippen molar-refractivity contribution in [1.82, 2.24) is 15.9 Å². The molecule has 0 aromatic rings. The fourth-order valence-corrected chi connectivity index (χ4v) is 2.90. The SMILES string of the molecule is NCCCC(=O)NCCCCCCCC(=O)N(O)CCCCCCCC(=O)NO. The van der Waals surface area contributed by atoms with E-state index in [1.54, 1.807) is 5.48 Å². The minimum Gasteiger partial charge on any atom is -0.356 e. The van der Waals surface area contributed by atoms with Crippen molar-refractivity contribution in [3.63, 3.8) is 0 Å². The summed E-state index contributed by atoms with van der Waals surface area (Å²) in [5.41, 5.74) is 6.96. The van der Waals surface area contributed by atoms with Crippen molar-refractivity contribution in [3.05, 3.63) is 0 Å². The van der Waals surface area contributed by atoms with Crippen LogP contribution in [0.2, 0.25) is 0 Å². The zero-order valence-corrected chi connectivity index (χ0v) is 17.7. The number of hydrogen-bond acceptors (Lipinski definition) is 6. The van der Waals surface area contributed by atoms with Crippen LogP contribution in [0.15, 0.2) is 0 Å². The summed E-state index contributed by atoms with van der Waals surface area (Å²) < 4.78 is 0. The number of carbonyl (C=O) groups is 3. The van der Waals surface area contributed by atoms with Crippen molar-refractivity contribution in [2.45, 2.75) is 89.9 Å². The van der Waals surface area contributed by atoms with Gasteiger partial charge in [0.1, 0.15) is 0 Å². The van der Waals surface area contributed by atoms with Crippen LogP contribution in [0.3, 0.4) is 0 Å². The van der Waals surface area contributed by atoms with Crippen LogP contribution in [0.4, 0.5) is 0 Å². The fraction of sp³-hybridized carbons (Fsp3) is 0.850. The van der Waals surface area contributed by atoms with Gasteiger partial charge < -0.3 is 11.1 Å². The number of carbonyl (C=O) groups excluding carboxylic acids is 3. The molecular formula is C20H40N4O5. The lowest BCUT2D eigenvalue weighted by Crippen LogP contribution is -2.28. The lowest BCUT2D eigenvalue weighted by molar-refractivity contribution is -0.165. The highest BCUT2D eigenvalue weighted by Crippen LogP contribution is 2.09. The lowest BCUT2D eigenvalue weighted by atomic mass is 10.1. The second-order valence-electron chi connectivity index (χ2n) is 7.33. The quantitative estimate of drug-likeness (QED) is 0.124. The van der Waals surface area contributed by atoms with Gasteiger partial charge in [-0.05, 0) is 38.6 Å². The maximum Gasteiger partial charge on any atom is 0.245 e. The minimum absolute atomic E-state index is 0.0539. The number of unbranched alkanes of at least 4 members (excludes halogenated alkanes) is 8. The molecule has 0 rings (SSSR count). The first-order valence-corrected chi connectivity index (χ1v) is 10.9. The molecule has 9 heteroatoms. The minimum atomic E-state index is -0.373. The van der Waals surface area contributed by atoms with Crippen molar-refractivity contribution in [2.24, 2.45) is 5.73 Å². The summed E-state index contributed by atoms with van der Waals surface area (Å²) in [7, 11) is 0. The lowest BCUT2D eigenvalue weighted by Gasteiger charge is -2.14. The number of nitrogens with zero attached hydrogens (tertiary/aromatic N) is 1. The molecule has 6 N–H and O–H groups in total. The molecule has 0 radical (unpaired) electrons. The molecule has 0 saturated heterocycles. The second-order valence-corrected chi connectivity index (χ2v) is 7.33. The van der Waals surface area contributed by atoms with Crippen molar-refractivity contribution >= 4 is 17.7 Å². The van der Waals surface area contributed by atoms with Gasteiger partial charge in [-0.3, -0.25) is 24.8 Å². The third-order valence-electron chi connectivity index (χ3n) is 4.68. The van der Waals surface area contributed by atoms with E-state index in [0.29, 0.717) is 45.3 Å². The second kappa shape index (κ2) is 19.6. The van der Waals surface area contributed by atoms with Gasteiger partial charge in [0.05, 0.1) is 0 Å². The van der Waals surface area contributed by atoms with Gasteiger partial charge in [0.2, 0.25) is 17.7 Å². The molecule has 0 aromatic heterocycles. The number of amides is 3. The Balaban J connectivity index is 3.44. The molecule has 3 amide bonds. The third kappa shape index (κ3) is 18.1. The first-order valence-electron chi connectivity index (χ1n) is 10.9. The van der Waals surface area contributed by atoms with E-state index in [1.807, 2.05) is 0 Å². The van der Waals surface area contributed by atoms with Crippen LogP contribution < -0.4 is 16.5 Å². The van der Waals surface area contributed by atoms with Crippen LogP contribution in [0.1, 0.15) is 89.9 Å². The van der Waals surface area contributed by atoms with E-state index in [0.717, 1.165) is 69.3 Å². The van der Waals surface area contributed by atoms with E-state index in [1.165, 1.54) is 0 Å². The Hall–Kier alpha value is -1.71. The van der Waals surface area contributed by atoms with Crippen molar-refractivity contribution < 1.29 is 24.8 Å². The van der Waals surface area contributed by atoms with Gasteiger partial charge in [0, 0.05) is 32.4 Å². The topological polar surface area (TPSA) is 145 Å². The highest BCUT2D eigenvalue weighted by molar-refractivity contribution is 5.75. The molecule has 0 aliphatic carbocycles. The summed E-state index contributed by atoms with van der Waals surface area (Å²) in [6.07, 6.45) is 10.6. The highest BCUT2D eigenvalue weighted by Gasteiger charge is 2.09. The number of nitrogens with one attached hydrogen (secondary N) is 2. The predicted molar refractivity (Wildman–Crippen MR) is 110 cm³/mol. The smallest absolute Gasteiger partial charge is 0.245 e. The molecule has 9 nitrogen and oxygen atoms in total. The molecular weight excluding hydrogens is 376 g/mol. The normalized spacial score (nSPS) is 10.6. The van der Waals surface area contributed by atoms with E-state index in [2.05, 4.69) is 5.32 Å². The fourth-order valence-electron chi connectivity index (χ4n) is 2.90. The number of nitrogens with two attached hydrogens (primary N) is 1. The van der Waals surface area contributed by atoms with Gasteiger partial charge in [0.25, 0.3) is 0 Å². The largest absolute Gasteiger partial charge is 0.356 e. The summed E-state index contributed by atoms with van der Waals surface area (Å²) in [6, 6.07) is 0. The van der Waals surface area contributed by atoms with Gasteiger partial charge in [-0.2, -0.15) is 0 Å². The van der Waals surface area contributed by atoms with Gasteiger partial charge in [-0.25, -0.2) is 10.5 Å². The van der Waals surface area contributed by atoms with E-state index in [4.69, 9.17) is 10.9 Å². The molecule has 0 heterocycles. The summed E-state index contributed by atoms with van der Waals surface area (Å²) in [6.45, 7) is 1.55. The first-order chi connectivity index (χ1) is 14.0. The average Bonchev–Trinajstić information content (AvgIpc) is 2.72. The zero-order chi connectivity index (χ0) is 21.7. The van der Waals surface area contributed by atoms with Crippen LogP contribution in [-0.2, 0) is 14.4 Å². The zero-order valence-electron chi connectivity index (χ0n) is 17.7. The Bertz CT molecular complexity index is 449. The van der Waals surface area contributed by atoms with Crippen LogP contribution in [0.5, 0.6) is 0 Å². The van der Waals surface area contributed by atoms with Gasteiger partial charge in [-0.15, -0.1) is 0 Å². The van der Waals surface area contributed by atoms with E-state index in [9.17, 15) is 19.6 Å². The molecule has 0 fully saturated rings. The monoisotopic (exact) mass is 416 g/mol. The van der Waals surface area contributed by atoms with Crippen LogP contribution >= 0.6 is 0 Å². The number of rotatable bonds is 19. The average molecular weight is 417 g/mol. The Labute approximate surface area is 174 Å². The van der Waals surface area contributed by atoms with Crippen LogP contribution in [0, 0.1) is 0 Å². The van der Waals surface area contributed by atoms with Gasteiger partial charge in [-0.1, -0.05) is 38.5 Å². The molecule has 0 spiro atoms. The van der Waals surface area contributed by atoms with E-state index in [-0.39, 0.29) is 17.7 Å². The van der Waals surface area contributed by atoms with Crippen LogP contribution in [-0.4, -0.2) is 52.8 Å². The van der Waals surface area contributed by atoms with Gasteiger partial charge >= 0.3 is 0 Å². The van der Waals surface area contributed by atoms with E-state index < -0.39 is 0 Å². The maximum absolute atomic E-state index is 11.9. The summed E-state index contributed by atoms with van der Waals surface area (Å²) in [5.74, 6) is -0.558. The first kappa shape index (κ1) is 27.3. The van der Waals surface area contributed by atoms with Crippen molar-refractivity contribution in [2.75, 3.05) is 19.6 Å². The molecule has 0 saturated carbocycles. The molecule has 0 bridgehead atoms.